The Balaban J connectivity index is 1.57. The molecule has 1 aromatic heterocycles. The number of nitrogens with one attached hydrogen (secondary N) is 1. The lowest BCUT2D eigenvalue weighted by molar-refractivity contribution is -0.121. The Labute approximate surface area is 179 Å². The maximum atomic E-state index is 12.6. The van der Waals surface area contributed by atoms with Crippen LogP contribution in [0.3, 0.4) is 0 Å². The number of carbonyl (C=O) groups is 3. The normalized spacial score (nSPS) is 10.3. The second-order valence-electron chi connectivity index (χ2n) is 6.51. The lowest BCUT2D eigenvalue weighted by atomic mass is 10.2. The van der Waals surface area contributed by atoms with Gasteiger partial charge in [0, 0.05) is 17.9 Å². The second kappa shape index (κ2) is 9.84. The molecule has 154 valence electrons. The highest BCUT2D eigenvalue weighted by atomic mass is 32.1. The van der Waals surface area contributed by atoms with E-state index in [-0.39, 0.29) is 18.4 Å². The van der Waals surface area contributed by atoms with E-state index in [9.17, 15) is 14.4 Å². The van der Waals surface area contributed by atoms with E-state index in [2.05, 4.69) is 5.32 Å². The van der Waals surface area contributed by atoms with E-state index in [0.717, 1.165) is 11.3 Å². The molecular formula is C23H22N2O4S. The van der Waals surface area contributed by atoms with Crippen molar-refractivity contribution in [1.82, 2.24) is 0 Å². The fourth-order valence-electron chi connectivity index (χ4n) is 2.93. The molecule has 6 nitrogen and oxygen atoms in total. The van der Waals surface area contributed by atoms with Gasteiger partial charge in [-0.25, -0.2) is 4.79 Å². The number of rotatable bonds is 7. The summed E-state index contributed by atoms with van der Waals surface area (Å²) in [6.07, 6.45) is 0. The van der Waals surface area contributed by atoms with Gasteiger partial charge < -0.3 is 15.0 Å². The van der Waals surface area contributed by atoms with Gasteiger partial charge in [-0.1, -0.05) is 24.3 Å². The average Bonchev–Trinajstić information content (AvgIpc) is 3.29. The van der Waals surface area contributed by atoms with Crippen LogP contribution in [0.2, 0.25) is 0 Å². The Hall–Kier alpha value is -3.45. The number of carbonyl (C=O) groups excluding carboxylic acids is 3. The van der Waals surface area contributed by atoms with Crippen molar-refractivity contribution in [3.05, 3.63) is 82.0 Å². The van der Waals surface area contributed by atoms with Crippen LogP contribution in [-0.4, -0.2) is 30.9 Å². The third-order valence-corrected chi connectivity index (χ3v) is 5.34. The minimum absolute atomic E-state index is 0.207. The average molecular weight is 423 g/mol. The number of ether oxygens (including phenoxy) is 1. The van der Waals surface area contributed by atoms with E-state index in [1.807, 2.05) is 43.5 Å². The maximum Gasteiger partial charge on any atom is 0.338 e. The second-order valence-corrected chi connectivity index (χ2v) is 7.46. The first-order chi connectivity index (χ1) is 14.5. The fourth-order valence-corrected chi connectivity index (χ4v) is 3.54. The summed E-state index contributed by atoms with van der Waals surface area (Å²) in [6.45, 7) is 3.92. The number of hydrogen-bond donors (Lipinski definition) is 1. The molecular weight excluding hydrogens is 400 g/mol. The van der Waals surface area contributed by atoms with E-state index in [0.29, 0.717) is 22.7 Å². The molecule has 0 spiro atoms. The van der Waals surface area contributed by atoms with Crippen LogP contribution in [0.15, 0.2) is 66.0 Å². The summed E-state index contributed by atoms with van der Waals surface area (Å²) in [4.78, 5) is 39.1. The predicted molar refractivity (Wildman–Crippen MR) is 118 cm³/mol. The molecule has 0 fully saturated rings. The highest BCUT2D eigenvalue weighted by Crippen LogP contribution is 2.19. The molecule has 7 heteroatoms. The van der Waals surface area contributed by atoms with Crippen molar-refractivity contribution in [3.63, 3.8) is 0 Å². The molecule has 0 aliphatic carbocycles. The highest BCUT2D eigenvalue weighted by Gasteiger charge is 2.18. The van der Waals surface area contributed by atoms with Crippen LogP contribution in [0.1, 0.15) is 32.5 Å². The minimum atomic E-state index is -0.597. The Morgan fingerprint density at radius 2 is 1.73 bits per heavy atom. The summed E-state index contributed by atoms with van der Waals surface area (Å²) in [6, 6.07) is 17.4. The quantitative estimate of drug-likeness (QED) is 0.568. The van der Waals surface area contributed by atoms with Crippen molar-refractivity contribution >= 4 is 40.5 Å². The van der Waals surface area contributed by atoms with E-state index < -0.39 is 5.97 Å². The highest BCUT2D eigenvalue weighted by molar-refractivity contribution is 7.12. The van der Waals surface area contributed by atoms with Gasteiger partial charge in [-0.05, 0) is 61.2 Å². The number of nitrogens with zero attached hydrogens (tertiary/aromatic N) is 1. The third kappa shape index (κ3) is 5.12. The van der Waals surface area contributed by atoms with E-state index in [4.69, 9.17) is 4.74 Å². The molecule has 0 saturated carbocycles. The molecule has 0 aliphatic heterocycles. The summed E-state index contributed by atoms with van der Waals surface area (Å²) >= 11 is 1.35. The molecule has 0 aliphatic rings. The van der Waals surface area contributed by atoms with Crippen molar-refractivity contribution in [2.75, 3.05) is 23.4 Å². The molecule has 0 unspecified atom stereocenters. The van der Waals surface area contributed by atoms with Crippen molar-refractivity contribution in [1.29, 1.82) is 0 Å². The third-order valence-electron chi connectivity index (χ3n) is 4.47. The number of para-hydroxylation sites is 1. The molecule has 0 saturated heterocycles. The number of anilines is 2. The van der Waals surface area contributed by atoms with Gasteiger partial charge in [0.05, 0.1) is 10.4 Å². The SMILES string of the molecule is CCN(C(=O)COC(=O)c1ccc(NC(=O)c2cccs2)cc1)c1ccccc1C. The minimum Gasteiger partial charge on any atom is -0.452 e. The van der Waals surface area contributed by atoms with Gasteiger partial charge in [0.15, 0.2) is 6.61 Å². The number of thiophene rings is 1. The number of hydrogen-bond acceptors (Lipinski definition) is 5. The molecule has 1 heterocycles. The van der Waals surface area contributed by atoms with Crippen LogP contribution in [0.25, 0.3) is 0 Å². The van der Waals surface area contributed by atoms with E-state index in [1.165, 1.54) is 11.3 Å². The molecule has 0 radical (unpaired) electrons. The summed E-state index contributed by atoms with van der Waals surface area (Å²) in [5.41, 5.74) is 2.64. The fraction of sp³-hybridized carbons (Fsp3) is 0.174. The maximum absolute atomic E-state index is 12.6. The van der Waals surface area contributed by atoms with Gasteiger partial charge >= 0.3 is 5.97 Å². The zero-order valence-electron chi connectivity index (χ0n) is 16.8. The van der Waals surface area contributed by atoms with Crippen LogP contribution in [0.5, 0.6) is 0 Å². The van der Waals surface area contributed by atoms with Crippen molar-refractivity contribution in [2.45, 2.75) is 13.8 Å². The molecule has 0 bridgehead atoms. The van der Waals surface area contributed by atoms with Crippen LogP contribution in [-0.2, 0) is 9.53 Å². The van der Waals surface area contributed by atoms with Crippen LogP contribution < -0.4 is 10.2 Å². The zero-order chi connectivity index (χ0) is 21.5. The van der Waals surface area contributed by atoms with Crippen molar-refractivity contribution < 1.29 is 19.1 Å². The topological polar surface area (TPSA) is 75.7 Å². The molecule has 2 aromatic carbocycles. The summed E-state index contributed by atoms with van der Waals surface area (Å²) in [5.74, 6) is -1.10. The number of esters is 1. The Morgan fingerprint density at radius 1 is 1.00 bits per heavy atom. The van der Waals surface area contributed by atoms with Gasteiger partial charge in [-0.3, -0.25) is 9.59 Å². The largest absolute Gasteiger partial charge is 0.452 e. The van der Waals surface area contributed by atoms with Gasteiger partial charge in [0.1, 0.15) is 0 Å². The monoisotopic (exact) mass is 422 g/mol. The molecule has 2 amide bonds. The lowest BCUT2D eigenvalue weighted by Gasteiger charge is -2.22. The first-order valence-electron chi connectivity index (χ1n) is 9.47. The summed E-state index contributed by atoms with van der Waals surface area (Å²) in [5, 5.41) is 4.59. The van der Waals surface area contributed by atoms with Gasteiger partial charge in [0.25, 0.3) is 11.8 Å². The summed E-state index contributed by atoms with van der Waals surface area (Å²) in [7, 11) is 0. The van der Waals surface area contributed by atoms with Crippen molar-refractivity contribution in [3.8, 4) is 0 Å². The Morgan fingerprint density at radius 3 is 2.37 bits per heavy atom. The Kier molecular flexibility index (Phi) is 6.98. The molecule has 1 N–H and O–H groups in total. The zero-order valence-corrected chi connectivity index (χ0v) is 17.6. The first-order valence-corrected chi connectivity index (χ1v) is 10.4. The molecule has 3 aromatic rings. The van der Waals surface area contributed by atoms with Gasteiger partial charge in [-0.15, -0.1) is 11.3 Å². The van der Waals surface area contributed by atoms with Gasteiger partial charge in [-0.2, -0.15) is 0 Å². The number of likely N-dealkylation sites (N-methyl/N-ethyl adjacent to an activating group) is 1. The van der Waals surface area contributed by atoms with Crippen molar-refractivity contribution in [2.24, 2.45) is 0 Å². The molecule has 3 rings (SSSR count). The standard InChI is InChI=1S/C23H22N2O4S/c1-3-25(19-8-5-4-7-16(19)2)21(26)15-29-23(28)17-10-12-18(13-11-17)24-22(27)20-9-6-14-30-20/h4-14H,3,15H2,1-2H3,(H,24,27). The smallest absolute Gasteiger partial charge is 0.338 e. The number of aryl methyl sites for hydroxylation is 1. The van der Waals surface area contributed by atoms with Crippen LogP contribution in [0.4, 0.5) is 11.4 Å². The molecule has 0 atom stereocenters. The molecule has 30 heavy (non-hydrogen) atoms. The van der Waals surface area contributed by atoms with Crippen LogP contribution >= 0.6 is 11.3 Å². The number of amides is 2. The van der Waals surface area contributed by atoms with Gasteiger partial charge in [0.2, 0.25) is 0 Å². The lowest BCUT2D eigenvalue weighted by Crippen LogP contribution is -2.35. The Bertz CT molecular complexity index is 1030. The summed E-state index contributed by atoms with van der Waals surface area (Å²) < 4.78 is 5.20. The van der Waals surface area contributed by atoms with E-state index in [1.54, 1.807) is 41.3 Å². The van der Waals surface area contributed by atoms with Crippen LogP contribution in [0, 0.1) is 6.92 Å². The number of benzene rings is 2. The predicted octanol–water partition coefficient (Wildman–Crippen LogP) is 4.52. The first kappa shape index (κ1) is 21.3. The van der Waals surface area contributed by atoms with E-state index >= 15 is 0 Å².